The fourth-order valence-electron chi connectivity index (χ4n) is 2.41. The topological polar surface area (TPSA) is 47.3 Å². The zero-order chi connectivity index (χ0) is 12.3. The van der Waals surface area contributed by atoms with E-state index in [0.717, 1.165) is 25.3 Å². The maximum absolute atomic E-state index is 5.95. The molecule has 2 atom stereocenters. The Hall–Kier alpha value is -1.06. The third kappa shape index (κ3) is 2.79. The third-order valence-electron chi connectivity index (χ3n) is 3.70. The van der Waals surface area contributed by atoms with Crippen molar-refractivity contribution in [3.63, 3.8) is 0 Å². The molecule has 0 bridgehead atoms. The molecule has 2 rings (SSSR count). The van der Waals surface area contributed by atoms with Crippen molar-refractivity contribution in [2.45, 2.75) is 25.8 Å². The Morgan fingerprint density at radius 1 is 1.53 bits per heavy atom. The molecule has 1 fully saturated rings. The van der Waals surface area contributed by atoms with Crippen LogP contribution in [0.3, 0.4) is 0 Å². The van der Waals surface area contributed by atoms with Crippen molar-refractivity contribution in [1.29, 1.82) is 0 Å². The van der Waals surface area contributed by atoms with Crippen molar-refractivity contribution < 1.29 is 4.74 Å². The highest BCUT2D eigenvalue weighted by Gasteiger charge is 2.35. The smallest absolute Gasteiger partial charge is 0.0518 e. The largest absolute Gasteiger partial charge is 0.381 e. The summed E-state index contributed by atoms with van der Waals surface area (Å²) in [7, 11) is 0. The minimum absolute atomic E-state index is 0.0791. The van der Waals surface area contributed by atoms with Crippen LogP contribution < -0.4 is 11.1 Å². The van der Waals surface area contributed by atoms with E-state index in [2.05, 4.69) is 43.4 Å². The minimum atomic E-state index is -0.0791. The number of anilines is 1. The third-order valence-corrected chi connectivity index (χ3v) is 3.70. The Bertz CT molecular complexity index is 374. The lowest BCUT2D eigenvalue weighted by Gasteiger charge is -2.35. The first-order valence-electron chi connectivity index (χ1n) is 6.27. The van der Waals surface area contributed by atoms with Crippen molar-refractivity contribution in [3.8, 4) is 0 Å². The van der Waals surface area contributed by atoms with Crippen LogP contribution in [0, 0.1) is 12.8 Å². The summed E-state index contributed by atoms with van der Waals surface area (Å²) in [6.45, 7) is 6.58. The Kier molecular flexibility index (Phi) is 3.69. The summed E-state index contributed by atoms with van der Waals surface area (Å²) in [4.78, 5) is 0. The quantitative estimate of drug-likeness (QED) is 0.839. The van der Waals surface area contributed by atoms with Gasteiger partial charge >= 0.3 is 0 Å². The molecule has 17 heavy (non-hydrogen) atoms. The molecular weight excluding hydrogens is 212 g/mol. The lowest BCUT2D eigenvalue weighted by atomic mass is 9.84. The van der Waals surface area contributed by atoms with E-state index < -0.39 is 0 Å². The van der Waals surface area contributed by atoms with Crippen LogP contribution in [0.1, 0.15) is 18.9 Å². The molecular formula is C14H22N2O. The molecule has 0 saturated carbocycles. The van der Waals surface area contributed by atoms with Gasteiger partial charge in [0.15, 0.2) is 0 Å². The number of benzene rings is 1. The molecule has 1 aromatic rings. The fraction of sp³-hybridized carbons (Fsp3) is 0.571. The Morgan fingerprint density at radius 3 is 2.94 bits per heavy atom. The molecule has 0 aromatic heterocycles. The normalized spacial score (nSPS) is 23.4. The van der Waals surface area contributed by atoms with Crippen LogP contribution in [0.4, 0.5) is 5.69 Å². The molecule has 94 valence electrons. The molecule has 3 heteroatoms. The predicted molar refractivity (Wildman–Crippen MR) is 71.2 cm³/mol. The first kappa shape index (κ1) is 12.4. The molecule has 1 aliphatic heterocycles. The van der Waals surface area contributed by atoms with Gasteiger partial charge in [-0.05, 0) is 38.0 Å². The molecule has 1 aliphatic rings. The SMILES string of the molecule is Cc1cccc(NC(C)(CN)C2CCOC2)c1. The van der Waals surface area contributed by atoms with E-state index in [4.69, 9.17) is 10.5 Å². The van der Waals surface area contributed by atoms with Gasteiger partial charge in [-0.1, -0.05) is 12.1 Å². The van der Waals surface area contributed by atoms with Gasteiger partial charge in [0.2, 0.25) is 0 Å². The lowest BCUT2D eigenvalue weighted by Crippen LogP contribution is -2.49. The molecule has 1 saturated heterocycles. The Labute approximate surface area is 103 Å². The molecule has 2 unspecified atom stereocenters. The van der Waals surface area contributed by atoms with Crippen LogP contribution in [-0.2, 0) is 4.74 Å². The maximum atomic E-state index is 5.95. The number of nitrogens with two attached hydrogens (primary N) is 1. The van der Waals surface area contributed by atoms with Crippen LogP contribution >= 0.6 is 0 Å². The number of aryl methyl sites for hydroxylation is 1. The fourth-order valence-corrected chi connectivity index (χ4v) is 2.41. The van der Waals surface area contributed by atoms with Crippen molar-refractivity contribution in [2.24, 2.45) is 11.7 Å². The molecule has 1 heterocycles. The Balaban J connectivity index is 2.13. The van der Waals surface area contributed by atoms with Gasteiger partial charge in [-0.25, -0.2) is 0 Å². The first-order valence-corrected chi connectivity index (χ1v) is 6.27. The molecule has 0 aliphatic carbocycles. The van der Waals surface area contributed by atoms with Gasteiger partial charge in [0.1, 0.15) is 0 Å². The predicted octanol–water partition coefficient (Wildman–Crippen LogP) is 2.16. The highest BCUT2D eigenvalue weighted by Crippen LogP contribution is 2.29. The average Bonchev–Trinajstić information content (AvgIpc) is 2.83. The van der Waals surface area contributed by atoms with Gasteiger partial charge in [-0.3, -0.25) is 0 Å². The summed E-state index contributed by atoms with van der Waals surface area (Å²) < 4.78 is 5.47. The molecule has 0 radical (unpaired) electrons. The number of hydrogen-bond donors (Lipinski definition) is 2. The van der Waals surface area contributed by atoms with E-state index in [1.54, 1.807) is 0 Å². The monoisotopic (exact) mass is 234 g/mol. The van der Waals surface area contributed by atoms with E-state index in [9.17, 15) is 0 Å². The summed E-state index contributed by atoms with van der Waals surface area (Å²) in [6, 6.07) is 8.42. The van der Waals surface area contributed by atoms with E-state index in [1.165, 1.54) is 5.56 Å². The van der Waals surface area contributed by atoms with Crippen LogP contribution in [0.2, 0.25) is 0 Å². The number of nitrogens with one attached hydrogen (secondary N) is 1. The summed E-state index contributed by atoms with van der Waals surface area (Å²) >= 11 is 0. The van der Waals surface area contributed by atoms with Gasteiger partial charge < -0.3 is 15.8 Å². The number of hydrogen-bond acceptors (Lipinski definition) is 3. The number of ether oxygens (including phenoxy) is 1. The minimum Gasteiger partial charge on any atom is -0.381 e. The maximum Gasteiger partial charge on any atom is 0.0518 e. The summed E-state index contributed by atoms with van der Waals surface area (Å²) in [6.07, 6.45) is 1.09. The average molecular weight is 234 g/mol. The van der Waals surface area contributed by atoms with Crippen molar-refractivity contribution in [3.05, 3.63) is 29.8 Å². The van der Waals surface area contributed by atoms with Gasteiger partial charge in [0.05, 0.1) is 12.1 Å². The highest BCUT2D eigenvalue weighted by molar-refractivity contribution is 5.48. The summed E-state index contributed by atoms with van der Waals surface area (Å²) in [5.41, 5.74) is 8.28. The highest BCUT2D eigenvalue weighted by atomic mass is 16.5. The molecule has 0 spiro atoms. The first-order chi connectivity index (χ1) is 8.14. The molecule has 1 aromatic carbocycles. The van der Waals surface area contributed by atoms with Gasteiger partial charge in [-0.15, -0.1) is 0 Å². The summed E-state index contributed by atoms with van der Waals surface area (Å²) in [5.74, 6) is 0.494. The van der Waals surface area contributed by atoms with Crippen molar-refractivity contribution in [2.75, 3.05) is 25.1 Å². The zero-order valence-corrected chi connectivity index (χ0v) is 10.7. The molecule has 0 amide bonds. The second kappa shape index (κ2) is 5.07. The van der Waals surface area contributed by atoms with Crippen molar-refractivity contribution in [1.82, 2.24) is 0 Å². The van der Waals surface area contributed by atoms with E-state index >= 15 is 0 Å². The standard InChI is InChI=1S/C14H22N2O/c1-11-4-3-5-13(8-11)16-14(2,10-15)12-6-7-17-9-12/h3-5,8,12,16H,6-7,9-10,15H2,1-2H3. The van der Waals surface area contributed by atoms with Crippen LogP contribution in [-0.4, -0.2) is 25.3 Å². The zero-order valence-electron chi connectivity index (χ0n) is 10.7. The number of rotatable bonds is 4. The van der Waals surface area contributed by atoms with E-state index in [0.29, 0.717) is 12.5 Å². The second-order valence-electron chi connectivity index (χ2n) is 5.18. The van der Waals surface area contributed by atoms with Gasteiger partial charge in [0, 0.05) is 24.8 Å². The molecule has 3 N–H and O–H groups in total. The van der Waals surface area contributed by atoms with Gasteiger partial charge in [0.25, 0.3) is 0 Å². The van der Waals surface area contributed by atoms with Crippen LogP contribution in [0.15, 0.2) is 24.3 Å². The van der Waals surface area contributed by atoms with Crippen LogP contribution in [0.25, 0.3) is 0 Å². The van der Waals surface area contributed by atoms with Crippen LogP contribution in [0.5, 0.6) is 0 Å². The van der Waals surface area contributed by atoms with Crippen molar-refractivity contribution >= 4 is 5.69 Å². The molecule has 3 nitrogen and oxygen atoms in total. The summed E-state index contributed by atoms with van der Waals surface area (Å²) in [5, 5.41) is 3.58. The van der Waals surface area contributed by atoms with Gasteiger partial charge in [-0.2, -0.15) is 0 Å². The lowest BCUT2D eigenvalue weighted by molar-refractivity contribution is 0.172. The van der Waals surface area contributed by atoms with E-state index in [1.807, 2.05) is 0 Å². The van der Waals surface area contributed by atoms with E-state index in [-0.39, 0.29) is 5.54 Å². The Morgan fingerprint density at radius 2 is 2.35 bits per heavy atom. The second-order valence-corrected chi connectivity index (χ2v) is 5.18.